The molecule has 1 aromatic heterocycles. The second kappa shape index (κ2) is 6.02. The summed E-state index contributed by atoms with van der Waals surface area (Å²) in [5.74, 6) is -0.241. The van der Waals surface area contributed by atoms with Gasteiger partial charge in [-0.25, -0.2) is 13.1 Å². The number of nitrogens with zero attached hydrogens (tertiary/aromatic N) is 1. The summed E-state index contributed by atoms with van der Waals surface area (Å²) in [7, 11) is -3.77. The number of amides is 1. The summed E-state index contributed by atoms with van der Waals surface area (Å²) >= 11 is 0. The lowest BCUT2D eigenvalue weighted by atomic mass is 10.1. The van der Waals surface area contributed by atoms with Gasteiger partial charge in [0.15, 0.2) is 5.76 Å². The molecule has 1 fully saturated rings. The Morgan fingerprint density at radius 3 is 2.68 bits per heavy atom. The van der Waals surface area contributed by atoms with Crippen molar-refractivity contribution < 1.29 is 17.6 Å². The summed E-state index contributed by atoms with van der Waals surface area (Å²) in [5, 5.41) is 2.95. The molecule has 1 aliphatic rings. The van der Waals surface area contributed by atoms with Gasteiger partial charge in [-0.3, -0.25) is 4.79 Å². The molecule has 1 atom stereocenters. The maximum atomic E-state index is 12.4. The lowest BCUT2D eigenvalue weighted by Gasteiger charge is -2.33. The van der Waals surface area contributed by atoms with Gasteiger partial charge in [-0.1, -0.05) is 0 Å². The average molecular weight is 329 g/mol. The van der Waals surface area contributed by atoms with E-state index in [2.05, 4.69) is 10.0 Å². The summed E-state index contributed by atoms with van der Waals surface area (Å²) in [6, 6.07) is 2.77. The molecule has 0 aromatic carbocycles. The fourth-order valence-corrected chi connectivity index (χ4v) is 3.67. The van der Waals surface area contributed by atoms with Gasteiger partial charge in [0.2, 0.25) is 5.09 Å². The van der Waals surface area contributed by atoms with E-state index in [-0.39, 0.29) is 22.8 Å². The lowest BCUT2D eigenvalue weighted by molar-refractivity contribution is 0.0617. The van der Waals surface area contributed by atoms with Crippen molar-refractivity contribution in [2.75, 3.05) is 19.6 Å². The molecule has 1 aliphatic heterocycles. The number of carbonyl (C=O) groups excluding carboxylic acids is 1. The molecule has 22 heavy (non-hydrogen) atoms. The molecule has 0 unspecified atom stereocenters. The number of carbonyl (C=O) groups is 1. The molecule has 0 aliphatic carbocycles. The van der Waals surface area contributed by atoms with Crippen LogP contribution in [0.2, 0.25) is 0 Å². The van der Waals surface area contributed by atoms with Crippen molar-refractivity contribution >= 4 is 15.9 Å². The van der Waals surface area contributed by atoms with Crippen LogP contribution >= 0.6 is 0 Å². The van der Waals surface area contributed by atoms with Gasteiger partial charge in [0.25, 0.3) is 15.9 Å². The maximum Gasteiger partial charge on any atom is 0.289 e. The molecule has 0 radical (unpaired) electrons. The monoisotopic (exact) mass is 329 g/mol. The van der Waals surface area contributed by atoms with E-state index < -0.39 is 15.6 Å². The molecular formula is C14H23N3O4S. The SMILES string of the molecule is C[C@@H]1CNCCN1C(=O)c1ccc(S(=O)(=O)NC(C)(C)C)o1. The first-order valence-corrected chi connectivity index (χ1v) is 8.74. The van der Waals surface area contributed by atoms with Crippen molar-refractivity contribution in [3.8, 4) is 0 Å². The third kappa shape index (κ3) is 3.88. The molecule has 8 heteroatoms. The molecule has 2 heterocycles. The highest BCUT2D eigenvalue weighted by molar-refractivity contribution is 7.89. The van der Waals surface area contributed by atoms with Gasteiger partial charge in [0.05, 0.1) is 0 Å². The van der Waals surface area contributed by atoms with Crippen LogP contribution in [0.25, 0.3) is 0 Å². The first-order chi connectivity index (χ1) is 10.1. The molecule has 1 amide bonds. The van der Waals surface area contributed by atoms with Crippen molar-refractivity contribution in [1.82, 2.24) is 14.9 Å². The van der Waals surface area contributed by atoms with E-state index in [1.165, 1.54) is 12.1 Å². The van der Waals surface area contributed by atoms with Crippen LogP contribution in [0.1, 0.15) is 38.2 Å². The standard InChI is InChI=1S/C14H23N3O4S/c1-10-9-15-7-8-17(10)13(18)11-5-6-12(21-11)22(19,20)16-14(2,3)4/h5-6,10,15-16H,7-9H2,1-4H3/t10-/m1/s1. The van der Waals surface area contributed by atoms with E-state index >= 15 is 0 Å². The minimum absolute atomic E-state index is 0.0408. The molecule has 7 nitrogen and oxygen atoms in total. The van der Waals surface area contributed by atoms with E-state index in [1.54, 1.807) is 25.7 Å². The van der Waals surface area contributed by atoms with Crippen molar-refractivity contribution in [3.05, 3.63) is 17.9 Å². The molecule has 2 rings (SSSR count). The first-order valence-electron chi connectivity index (χ1n) is 7.26. The smallest absolute Gasteiger partial charge is 0.289 e. The zero-order valence-electron chi connectivity index (χ0n) is 13.3. The van der Waals surface area contributed by atoms with Crippen LogP contribution in [-0.4, -0.2) is 50.4 Å². The molecule has 1 aromatic rings. The second-order valence-corrected chi connectivity index (χ2v) is 8.14. The number of piperazine rings is 1. The topological polar surface area (TPSA) is 91.7 Å². The summed E-state index contributed by atoms with van der Waals surface area (Å²) in [6.45, 7) is 9.15. The van der Waals surface area contributed by atoms with Gasteiger partial charge < -0.3 is 14.6 Å². The van der Waals surface area contributed by atoms with E-state index in [0.717, 1.165) is 0 Å². The Labute approximate surface area is 131 Å². The first kappa shape index (κ1) is 17.0. The van der Waals surface area contributed by atoms with Crippen molar-refractivity contribution in [2.24, 2.45) is 0 Å². The zero-order valence-corrected chi connectivity index (χ0v) is 14.2. The molecular weight excluding hydrogens is 306 g/mol. The molecule has 0 bridgehead atoms. The largest absolute Gasteiger partial charge is 0.438 e. The van der Waals surface area contributed by atoms with Crippen LogP contribution in [0.3, 0.4) is 0 Å². The minimum Gasteiger partial charge on any atom is -0.438 e. The van der Waals surface area contributed by atoms with Crippen LogP contribution in [0.5, 0.6) is 0 Å². The van der Waals surface area contributed by atoms with Crippen molar-refractivity contribution in [3.63, 3.8) is 0 Å². The van der Waals surface area contributed by atoms with Gasteiger partial charge in [-0.15, -0.1) is 0 Å². The Kier molecular flexibility index (Phi) is 4.65. The summed E-state index contributed by atoms with van der Waals surface area (Å²) < 4.78 is 32.2. The fraction of sp³-hybridized carbons (Fsp3) is 0.643. The molecule has 1 saturated heterocycles. The molecule has 124 valence electrons. The Morgan fingerprint density at radius 2 is 2.09 bits per heavy atom. The van der Waals surface area contributed by atoms with E-state index in [4.69, 9.17) is 4.42 Å². The van der Waals surface area contributed by atoms with Crippen molar-refractivity contribution in [2.45, 2.75) is 44.4 Å². The van der Waals surface area contributed by atoms with E-state index in [1.807, 2.05) is 6.92 Å². The quantitative estimate of drug-likeness (QED) is 0.855. The molecule has 2 N–H and O–H groups in total. The number of furan rings is 1. The highest BCUT2D eigenvalue weighted by atomic mass is 32.2. The van der Waals surface area contributed by atoms with Gasteiger partial charge in [0, 0.05) is 31.2 Å². The van der Waals surface area contributed by atoms with Gasteiger partial charge in [0.1, 0.15) is 0 Å². The van der Waals surface area contributed by atoms with E-state index in [9.17, 15) is 13.2 Å². The number of nitrogens with one attached hydrogen (secondary N) is 2. The number of sulfonamides is 1. The highest BCUT2D eigenvalue weighted by Gasteiger charge is 2.29. The third-order valence-corrected chi connectivity index (χ3v) is 4.89. The van der Waals surface area contributed by atoms with Crippen LogP contribution in [-0.2, 0) is 10.0 Å². The Morgan fingerprint density at radius 1 is 1.41 bits per heavy atom. The number of hydrogen-bond acceptors (Lipinski definition) is 5. The van der Waals surface area contributed by atoms with Crippen molar-refractivity contribution in [1.29, 1.82) is 0 Å². The predicted molar refractivity (Wildman–Crippen MR) is 82.2 cm³/mol. The summed E-state index contributed by atoms with van der Waals surface area (Å²) in [5.41, 5.74) is -0.622. The summed E-state index contributed by atoms with van der Waals surface area (Å²) in [6.07, 6.45) is 0. The highest BCUT2D eigenvalue weighted by Crippen LogP contribution is 2.19. The third-order valence-electron chi connectivity index (χ3n) is 3.26. The fourth-order valence-electron chi connectivity index (χ4n) is 2.32. The average Bonchev–Trinajstić information content (AvgIpc) is 2.86. The Hall–Kier alpha value is -1.38. The summed E-state index contributed by atoms with van der Waals surface area (Å²) in [4.78, 5) is 14.1. The predicted octanol–water partition coefficient (Wildman–Crippen LogP) is 0.790. The Bertz CT molecular complexity index is 645. The molecule has 0 spiro atoms. The minimum atomic E-state index is -3.77. The van der Waals surface area contributed by atoms with Crippen LogP contribution in [0.15, 0.2) is 21.6 Å². The number of hydrogen-bond donors (Lipinski definition) is 2. The maximum absolute atomic E-state index is 12.4. The van der Waals surface area contributed by atoms with Crippen LogP contribution < -0.4 is 10.0 Å². The van der Waals surface area contributed by atoms with E-state index in [0.29, 0.717) is 19.6 Å². The van der Waals surface area contributed by atoms with Gasteiger partial charge in [-0.05, 0) is 39.8 Å². The molecule has 0 saturated carbocycles. The normalized spacial score (nSPS) is 20.2. The van der Waals surface area contributed by atoms with Gasteiger partial charge >= 0.3 is 0 Å². The second-order valence-electron chi connectivity index (χ2n) is 6.53. The van der Waals surface area contributed by atoms with Crippen LogP contribution in [0, 0.1) is 0 Å². The van der Waals surface area contributed by atoms with Crippen LogP contribution in [0.4, 0.5) is 0 Å². The lowest BCUT2D eigenvalue weighted by Crippen LogP contribution is -2.52. The zero-order chi connectivity index (χ0) is 16.5. The Balaban J connectivity index is 2.19. The number of rotatable bonds is 3. The van der Waals surface area contributed by atoms with Gasteiger partial charge in [-0.2, -0.15) is 0 Å².